The van der Waals surface area contributed by atoms with E-state index in [1.807, 2.05) is 11.1 Å². The summed E-state index contributed by atoms with van der Waals surface area (Å²) in [6, 6.07) is 0. The molecular formula is C8H13BrO2. The predicted molar refractivity (Wildman–Crippen MR) is 48.6 cm³/mol. The first-order chi connectivity index (χ1) is 5.31. The van der Waals surface area contributed by atoms with E-state index >= 15 is 0 Å². The topological polar surface area (TPSA) is 26.3 Å². The lowest BCUT2D eigenvalue weighted by Gasteiger charge is -1.96. The van der Waals surface area contributed by atoms with E-state index in [0.717, 1.165) is 19.3 Å². The molecule has 64 valence electrons. The van der Waals surface area contributed by atoms with Gasteiger partial charge in [0.1, 0.15) is 0 Å². The van der Waals surface area contributed by atoms with Crippen molar-refractivity contribution in [2.45, 2.75) is 25.7 Å². The van der Waals surface area contributed by atoms with Gasteiger partial charge in [0, 0.05) is 6.42 Å². The van der Waals surface area contributed by atoms with Crippen LogP contribution in [-0.2, 0) is 9.53 Å². The smallest absolute Gasteiger partial charge is 0.305 e. The third-order valence-corrected chi connectivity index (χ3v) is 1.69. The molecule has 0 spiro atoms. The van der Waals surface area contributed by atoms with Gasteiger partial charge in [0.05, 0.1) is 7.11 Å². The second-order valence-electron chi connectivity index (χ2n) is 2.18. The quantitative estimate of drug-likeness (QED) is 0.526. The zero-order chi connectivity index (χ0) is 8.53. The fraction of sp³-hybridized carbons (Fsp3) is 0.625. The number of hydrogen-bond acceptors (Lipinski definition) is 2. The Morgan fingerprint density at radius 3 is 2.82 bits per heavy atom. The van der Waals surface area contributed by atoms with E-state index in [2.05, 4.69) is 20.7 Å². The Morgan fingerprint density at radius 1 is 1.55 bits per heavy atom. The van der Waals surface area contributed by atoms with Crippen molar-refractivity contribution < 1.29 is 9.53 Å². The molecule has 0 aliphatic rings. The zero-order valence-corrected chi connectivity index (χ0v) is 8.26. The van der Waals surface area contributed by atoms with Crippen LogP contribution in [0.1, 0.15) is 25.7 Å². The summed E-state index contributed by atoms with van der Waals surface area (Å²) in [5.41, 5.74) is 0. The van der Waals surface area contributed by atoms with E-state index in [-0.39, 0.29) is 5.97 Å². The fourth-order valence-corrected chi connectivity index (χ4v) is 0.961. The zero-order valence-electron chi connectivity index (χ0n) is 6.68. The van der Waals surface area contributed by atoms with Gasteiger partial charge in [-0.25, -0.2) is 0 Å². The Kier molecular flexibility index (Phi) is 7.57. The van der Waals surface area contributed by atoms with Gasteiger partial charge >= 0.3 is 5.97 Å². The Bertz CT molecular complexity index is 132. The van der Waals surface area contributed by atoms with E-state index in [9.17, 15) is 4.79 Å². The lowest BCUT2D eigenvalue weighted by atomic mass is 10.2. The molecule has 0 aromatic rings. The molecule has 0 saturated carbocycles. The number of allylic oxidation sites excluding steroid dienone is 1. The van der Waals surface area contributed by atoms with E-state index in [4.69, 9.17) is 0 Å². The second kappa shape index (κ2) is 7.79. The SMILES string of the molecule is COC(=O)CCCC/C=C/Br. The third kappa shape index (κ3) is 7.59. The molecule has 2 nitrogen and oxygen atoms in total. The molecule has 0 atom stereocenters. The second-order valence-corrected chi connectivity index (χ2v) is 2.71. The molecule has 0 heterocycles. The highest BCUT2D eigenvalue weighted by atomic mass is 79.9. The average molecular weight is 221 g/mol. The molecule has 0 rings (SSSR count). The third-order valence-electron chi connectivity index (χ3n) is 1.32. The minimum atomic E-state index is -0.118. The minimum Gasteiger partial charge on any atom is -0.469 e. The Morgan fingerprint density at radius 2 is 2.27 bits per heavy atom. The largest absolute Gasteiger partial charge is 0.469 e. The average Bonchev–Trinajstić information content (AvgIpc) is 2.04. The maximum absolute atomic E-state index is 10.6. The maximum atomic E-state index is 10.6. The van der Waals surface area contributed by atoms with Gasteiger partial charge in [-0.15, -0.1) is 0 Å². The minimum absolute atomic E-state index is 0.118. The van der Waals surface area contributed by atoms with Crippen LogP contribution >= 0.6 is 15.9 Å². The monoisotopic (exact) mass is 220 g/mol. The summed E-state index contributed by atoms with van der Waals surface area (Å²) in [4.78, 5) is 12.4. The number of unbranched alkanes of at least 4 members (excludes halogenated alkanes) is 2. The first kappa shape index (κ1) is 10.7. The number of carbonyl (C=O) groups excluding carboxylic acids is 1. The molecule has 11 heavy (non-hydrogen) atoms. The van der Waals surface area contributed by atoms with E-state index < -0.39 is 0 Å². The van der Waals surface area contributed by atoms with Crippen LogP contribution in [0, 0.1) is 0 Å². The van der Waals surface area contributed by atoms with Gasteiger partial charge in [-0.05, 0) is 24.2 Å². The molecule has 0 bridgehead atoms. The van der Waals surface area contributed by atoms with E-state index in [0.29, 0.717) is 6.42 Å². The van der Waals surface area contributed by atoms with Crippen molar-refractivity contribution in [2.75, 3.05) is 7.11 Å². The number of carbonyl (C=O) groups is 1. The van der Waals surface area contributed by atoms with E-state index in [1.54, 1.807) is 0 Å². The summed E-state index contributed by atoms with van der Waals surface area (Å²) < 4.78 is 4.49. The van der Waals surface area contributed by atoms with Crippen molar-refractivity contribution in [3.63, 3.8) is 0 Å². The lowest BCUT2D eigenvalue weighted by molar-refractivity contribution is -0.140. The van der Waals surface area contributed by atoms with Crippen LogP contribution in [0.3, 0.4) is 0 Å². The van der Waals surface area contributed by atoms with Gasteiger partial charge in [-0.1, -0.05) is 22.0 Å². The van der Waals surface area contributed by atoms with Crippen molar-refractivity contribution in [3.05, 3.63) is 11.1 Å². The van der Waals surface area contributed by atoms with Crippen molar-refractivity contribution in [1.82, 2.24) is 0 Å². The summed E-state index contributed by atoms with van der Waals surface area (Å²) in [6.07, 6.45) is 5.52. The number of methoxy groups -OCH3 is 1. The first-order valence-corrected chi connectivity index (χ1v) is 4.55. The molecule has 0 aromatic heterocycles. The molecule has 0 N–H and O–H groups in total. The molecule has 3 heteroatoms. The summed E-state index contributed by atoms with van der Waals surface area (Å²) in [6.45, 7) is 0. The fourth-order valence-electron chi connectivity index (χ4n) is 0.697. The molecule has 0 saturated heterocycles. The number of rotatable bonds is 5. The van der Waals surface area contributed by atoms with Crippen LogP contribution < -0.4 is 0 Å². The van der Waals surface area contributed by atoms with Crippen molar-refractivity contribution in [3.8, 4) is 0 Å². The van der Waals surface area contributed by atoms with Gasteiger partial charge in [0.15, 0.2) is 0 Å². The summed E-state index contributed by atoms with van der Waals surface area (Å²) in [5, 5.41) is 0. The molecule has 0 fully saturated rings. The lowest BCUT2D eigenvalue weighted by Crippen LogP contribution is -1.98. The van der Waals surface area contributed by atoms with Gasteiger partial charge in [-0.2, -0.15) is 0 Å². The van der Waals surface area contributed by atoms with Gasteiger partial charge in [0.25, 0.3) is 0 Å². The molecular weight excluding hydrogens is 208 g/mol. The van der Waals surface area contributed by atoms with Crippen molar-refractivity contribution in [2.24, 2.45) is 0 Å². The number of halogens is 1. The number of esters is 1. The molecule has 0 unspecified atom stereocenters. The van der Waals surface area contributed by atoms with Crippen LogP contribution in [0.15, 0.2) is 11.1 Å². The highest BCUT2D eigenvalue weighted by molar-refractivity contribution is 9.11. The predicted octanol–water partition coefficient (Wildman–Crippen LogP) is 2.63. The van der Waals surface area contributed by atoms with Crippen LogP contribution in [0.4, 0.5) is 0 Å². The highest BCUT2D eigenvalue weighted by Gasteiger charge is 1.97. The maximum Gasteiger partial charge on any atom is 0.305 e. The summed E-state index contributed by atoms with van der Waals surface area (Å²) in [7, 11) is 1.42. The summed E-state index contributed by atoms with van der Waals surface area (Å²) in [5.74, 6) is -0.118. The van der Waals surface area contributed by atoms with Gasteiger partial charge in [0.2, 0.25) is 0 Å². The molecule has 0 radical (unpaired) electrons. The van der Waals surface area contributed by atoms with Crippen LogP contribution in [0.5, 0.6) is 0 Å². The van der Waals surface area contributed by atoms with Gasteiger partial charge < -0.3 is 4.74 Å². The first-order valence-electron chi connectivity index (χ1n) is 3.63. The Balaban J connectivity index is 3.08. The molecule has 0 aliphatic heterocycles. The van der Waals surface area contributed by atoms with Crippen molar-refractivity contribution in [1.29, 1.82) is 0 Å². The number of hydrogen-bond donors (Lipinski definition) is 0. The van der Waals surface area contributed by atoms with Crippen LogP contribution in [-0.4, -0.2) is 13.1 Å². The standard InChI is InChI=1S/C8H13BrO2/c1-11-8(10)6-4-2-3-5-7-9/h5,7H,2-4,6H2,1H3/b7-5+. The number of ether oxygens (including phenoxy) is 1. The Labute approximate surface area is 75.7 Å². The molecule has 0 amide bonds. The van der Waals surface area contributed by atoms with Crippen LogP contribution in [0.2, 0.25) is 0 Å². The summed E-state index contributed by atoms with van der Waals surface area (Å²) >= 11 is 3.17. The molecule has 0 aromatic carbocycles. The van der Waals surface area contributed by atoms with Crippen molar-refractivity contribution >= 4 is 21.9 Å². The van der Waals surface area contributed by atoms with Crippen LogP contribution in [0.25, 0.3) is 0 Å². The Hall–Kier alpha value is -0.310. The normalized spacial score (nSPS) is 10.4. The molecule has 0 aliphatic carbocycles. The van der Waals surface area contributed by atoms with Gasteiger partial charge in [-0.3, -0.25) is 4.79 Å². The highest BCUT2D eigenvalue weighted by Crippen LogP contribution is 2.02. The van der Waals surface area contributed by atoms with E-state index in [1.165, 1.54) is 7.11 Å².